The van der Waals surface area contributed by atoms with Crippen LogP contribution < -0.4 is 10.1 Å². The monoisotopic (exact) mass is 299 g/mol. The molecule has 5 heteroatoms. The van der Waals surface area contributed by atoms with Crippen molar-refractivity contribution in [1.82, 2.24) is 15.5 Å². The molecule has 0 bridgehead atoms. The topological polar surface area (TPSA) is 59.2 Å². The maximum Gasteiger partial charge on any atom is 0.157 e. The maximum atomic E-state index is 5.96. The fraction of sp³-hybridized carbons (Fsp3) is 0.471. The van der Waals surface area contributed by atoms with E-state index < -0.39 is 0 Å². The summed E-state index contributed by atoms with van der Waals surface area (Å²) in [7, 11) is 0. The Hall–Kier alpha value is -1.85. The Labute approximate surface area is 130 Å². The van der Waals surface area contributed by atoms with Crippen molar-refractivity contribution in [2.75, 3.05) is 13.2 Å². The first kappa shape index (κ1) is 13.8. The Bertz CT molecular complexity index is 614. The fourth-order valence-corrected chi connectivity index (χ4v) is 3.43. The smallest absolute Gasteiger partial charge is 0.157 e. The molecular weight excluding hydrogens is 278 g/mol. The fourth-order valence-electron chi connectivity index (χ4n) is 3.43. The van der Waals surface area contributed by atoms with Crippen molar-refractivity contribution >= 4 is 0 Å². The summed E-state index contributed by atoms with van der Waals surface area (Å²) >= 11 is 0. The molecule has 22 heavy (non-hydrogen) atoms. The van der Waals surface area contributed by atoms with E-state index in [1.54, 1.807) is 12.4 Å². The summed E-state index contributed by atoms with van der Waals surface area (Å²) in [6.07, 6.45) is 6.93. The van der Waals surface area contributed by atoms with Crippen LogP contribution in [0.3, 0.4) is 0 Å². The SMILES string of the molecule is c1ccc2c(c1)CCC(N[C@H]1COC[C@H]1Oc1cn[nH]c1)C2. The molecule has 3 atom stereocenters. The molecule has 2 N–H and O–H groups in total. The minimum atomic E-state index is 0.0507. The van der Waals surface area contributed by atoms with Crippen molar-refractivity contribution < 1.29 is 9.47 Å². The van der Waals surface area contributed by atoms with Crippen molar-refractivity contribution in [3.05, 3.63) is 47.8 Å². The second-order valence-electron chi connectivity index (χ2n) is 6.11. The van der Waals surface area contributed by atoms with Crippen molar-refractivity contribution in [3.8, 4) is 5.75 Å². The lowest BCUT2D eigenvalue weighted by atomic mass is 9.88. The molecule has 0 saturated carbocycles. The molecule has 1 aromatic heterocycles. The Morgan fingerprint density at radius 1 is 1.23 bits per heavy atom. The quantitative estimate of drug-likeness (QED) is 0.902. The zero-order valence-corrected chi connectivity index (χ0v) is 12.5. The van der Waals surface area contributed by atoms with E-state index in [-0.39, 0.29) is 12.1 Å². The summed E-state index contributed by atoms with van der Waals surface area (Å²) in [6.45, 7) is 1.34. The number of aryl methyl sites for hydroxylation is 1. The number of rotatable bonds is 4. The Morgan fingerprint density at radius 2 is 2.14 bits per heavy atom. The molecule has 1 unspecified atom stereocenters. The zero-order chi connectivity index (χ0) is 14.8. The van der Waals surface area contributed by atoms with Crippen LogP contribution in [0, 0.1) is 0 Å². The number of nitrogens with one attached hydrogen (secondary N) is 2. The molecule has 1 fully saturated rings. The number of nitrogens with zero attached hydrogens (tertiary/aromatic N) is 1. The molecule has 1 aromatic carbocycles. The van der Waals surface area contributed by atoms with Gasteiger partial charge in [-0.3, -0.25) is 5.10 Å². The molecule has 2 heterocycles. The average molecular weight is 299 g/mol. The molecule has 0 spiro atoms. The Morgan fingerprint density at radius 3 is 3.00 bits per heavy atom. The standard InChI is InChI=1S/C17H21N3O2/c1-2-4-13-7-14(6-5-12(13)3-1)20-16-10-21-11-17(16)22-15-8-18-19-9-15/h1-4,8-9,14,16-17,20H,5-7,10-11H2,(H,18,19)/t14?,16-,17+/m0/s1. The van der Waals surface area contributed by atoms with Gasteiger partial charge < -0.3 is 14.8 Å². The third-order valence-electron chi connectivity index (χ3n) is 4.59. The molecule has 0 amide bonds. The van der Waals surface area contributed by atoms with E-state index in [2.05, 4.69) is 39.8 Å². The van der Waals surface area contributed by atoms with Crippen LogP contribution in [0.1, 0.15) is 17.5 Å². The number of hydrogen-bond donors (Lipinski definition) is 2. The maximum absolute atomic E-state index is 5.96. The summed E-state index contributed by atoms with van der Waals surface area (Å²) < 4.78 is 11.6. The summed E-state index contributed by atoms with van der Waals surface area (Å²) in [5.41, 5.74) is 2.96. The van der Waals surface area contributed by atoms with Gasteiger partial charge in [0.2, 0.25) is 0 Å². The first-order valence-corrected chi connectivity index (χ1v) is 7.94. The van der Waals surface area contributed by atoms with Gasteiger partial charge in [0, 0.05) is 6.04 Å². The number of fused-ring (bicyclic) bond motifs is 1. The summed E-state index contributed by atoms with van der Waals surface area (Å²) in [5.74, 6) is 0.774. The lowest BCUT2D eigenvalue weighted by molar-refractivity contribution is 0.138. The molecule has 1 aliphatic carbocycles. The highest BCUT2D eigenvalue weighted by Gasteiger charge is 2.32. The number of ether oxygens (including phenoxy) is 2. The van der Waals surface area contributed by atoms with E-state index >= 15 is 0 Å². The van der Waals surface area contributed by atoms with Crippen molar-refractivity contribution in [1.29, 1.82) is 0 Å². The Balaban J connectivity index is 1.38. The van der Waals surface area contributed by atoms with Crippen LogP contribution in [0.15, 0.2) is 36.7 Å². The molecular formula is C17H21N3O2. The van der Waals surface area contributed by atoms with E-state index in [1.807, 2.05) is 0 Å². The van der Waals surface area contributed by atoms with Gasteiger partial charge in [-0.15, -0.1) is 0 Å². The largest absolute Gasteiger partial charge is 0.483 e. The minimum absolute atomic E-state index is 0.0507. The van der Waals surface area contributed by atoms with Gasteiger partial charge >= 0.3 is 0 Å². The predicted octanol–water partition coefficient (Wildman–Crippen LogP) is 1.70. The molecule has 1 saturated heterocycles. The number of aromatic nitrogens is 2. The first-order chi connectivity index (χ1) is 10.9. The second kappa shape index (κ2) is 6.10. The molecule has 2 aliphatic rings. The van der Waals surface area contributed by atoms with Crippen LogP contribution >= 0.6 is 0 Å². The molecule has 116 valence electrons. The highest BCUT2D eigenvalue weighted by atomic mass is 16.5. The first-order valence-electron chi connectivity index (χ1n) is 7.94. The van der Waals surface area contributed by atoms with Gasteiger partial charge in [-0.05, 0) is 30.4 Å². The predicted molar refractivity (Wildman–Crippen MR) is 83.0 cm³/mol. The minimum Gasteiger partial charge on any atom is -0.483 e. The second-order valence-corrected chi connectivity index (χ2v) is 6.11. The third-order valence-corrected chi connectivity index (χ3v) is 4.59. The number of aromatic amines is 1. The highest BCUT2D eigenvalue weighted by Crippen LogP contribution is 2.23. The van der Waals surface area contributed by atoms with Gasteiger partial charge in [-0.25, -0.2) is 0 Å². The van der Waals surface area contributed by atoms with Gasteiger partial charge in [0.25, 0.3) is 0 Å². The number of hydrogen-bond acceptors (Lipinski definition) is 4. The lowest BCUT2D eigenvalue weighted by Gasteiger charge is -2.30. The van der Waals surface area contributed by atoms with Gasteiger partial charge in [0.05, 0.1) is 31.6 Å². The summed E-state index contributed by atoms with van der Waals surface area (Å²) in [5, 5.41) is 10.4. The summed E-state index contributed by atoms with van der Waals surface area (Å²) in [6, 6.07) is 9.49. The molecule has 4 rings (SSSR count). The average Bonchev–Trinajstić information content (AvgIpc) is 3.20. The van der Waals surface area contributed by atoms with Crippen molar-refractivity contribution in [3.63, 3.8) is 0 Å². The van der Waals surface area contributed by atoms with Crippen LogP contribution in [-0.4, -0.2) is 41.6 Å². The van der Waals surface area contributed by atoms with Gasteiger partial charge in [0.15, 0.2) is 5.75 Å². The van der Waals surface area contributed by atoms with E-state index in [9.17, 15) is 0 Å². The normalized spacial score (nSPS) is 27.5. The van der Waals surface area contributed by atoms with Crippen LogP contribution in [0.25, 0.3) is 0 Å². The van der Waals surface area contributed by atoms with Gasteiger partial charge in [0.1, 0.15) is 6.10 Å². The van der Waals surface area contributed by atoms with Crippen LogP contribution in [-0.2, 0) is 17.6 Å². The van der Waals surface area contributed by atoms with E-state index in [4.69, 9.17) is 9.47 Å². The van der Waals surface area contributed by atoms with Crippen LogP contribution in [0.2, 0.25) is 0 Å². The number of benzene rings is 1. The van der Waals surface area contributed by atoms with Crippen molar-refractivity contribution in [2.45, 2.75) is 37.5 Å². The lowest BCUT2D eigenvalue weighted by Crippen LogP contribution is -2.48. The summed E-state index contributed by atoms with van der Waals surface area (Å²) in [4.78, 5) is 0. The van der Waals surface area contributed by atoms with Gasteiger partial charge in [-0.2, -0.15) is 5.10 Å². The van der Waals surface area contributed by atoms with Crippen molar-refractivity contribution in [2.24, 2.45) is 0 Å². The van der Waals surface area contributed by atoms with E-state index in [0.29, 0.717) is 19.3 Å². The molecule has 1 aliphatic heterocycles. The third kappa shape index (κ3) is 2.87. The highest BCUT2D eigenvalue weighted by molar-refractivity contribution is 5.30. The van der Waals surface area contributed by atoms with Crippen LogP contribution in [0.5, 0.6) is 5.75 Å². The van der Waals surface area contributed by atoms with E-state index in [1.165, 1.54) is 17.5 Å². The Kier molecular flexibility index (Phi) is 3.83. The van der Waals surface area contributed by atoms with Gasteiger partial charge in [-0.1, -0.05) is 24.3 Å². The number of H-pyrrole nitrogens is 1. The molecule has 0 radical (unpaired) electrons. The van der Waals surface area contributed by atoms with Crippen LogP contribution in [0.4, 0.5) is 0 Å². The molecule has 2 aromatic rings. The van der Waals surface area contributed by atoms with E-state index in [0.717, 1.165) is 18.6 Å². The molecule has 5 nitrogen and oxygen atoms in total. The zero-order valence-electron chi connectivity index (χ0n) is 12.5.